The van der Waals surface area contributed by atoms with E-state index in [1.54, 1.807) is 19.1 Å². The molecule has 0 saturated heterocycles. The van der Waals surface area contributed by atoms with E-state index in [1.807, 2.05) is 26.0 Å². The van der Waals surface area contributed by atoms with Gasteiger partial charge in [0.05, 0.1) is 20.8 Å². The number of benzene rings is 2. The van der Waals surface area contributed by atoms with Crippen molar-refractivity contribution < 1.29 is 29.0 Å². The Morgan fingerprint density at radius 1 is 1.25 bits per heavy atom. The van der Waals surface area contributed by atoms with Crippen LogP contribution in [0.1, 0.15) is 28.7 Å². The smallest absolute Gasteiger partial charge is 0.306 e. The summed E-state index contributed by atoms with van der Waals surface area (Å²) in [6.45, 7) is 5.84. The third-order valence-corrected chi connectivity index (χ3v) is 5.39. The number of hydrogen-bond donors (Lipinski definition) is 2. The highest BCUT2D eigenvalue weighted by atomic mass is 31.1. The molecule has 0 aliphatic heterocycles. The second kappa shape index (κ2) is 9.89. The number of aliphatic hydroxyl groups excluding tert-OH is 1. The minimum Gasteiger partial charge on any atom is -0.629 e. The molecule has 7 heteroatoms. The number of aliphatic hydroxyl groups is 1. The molecule has 2 aromatic carbocycles. The van der Waals surface area contributed by atoms with Crippen LogP contribution < -0.4 is 4.89 Å². The molecule has 0 radical (unpaired) electrons. The third kappa shape index (κ3) is 6.21. The monoisotopic (exact) mass is 406 g/mol. The number of rotatable bonds is 8. The summed E-state index contributed by atoms with van der Waals surface area (Å²) in [5.41, 5.74) is 5.32. The molecular weight excluding hydrogens is 382 g/mol. The maximum absolute atomic E-state index is 13.6. The minimum atomic E-state index is -2.00. The van der Waals surface area contributed by atoms with Gasteiger partial charge in [-0.25, -0.2) is 4.39 Å². The molecule has 0 aliphatic carbocycles. The highest BCUT2D eigenvalue weighted by molar-refractivity contribution is 7.49. The molecule has 2 N–H and O–H groups in total. The van der Waals surface area contributed by atoms with E-state index in [4.69, 9.17) is 9.84 Å². The van der Waals surface area contributed by atoms with Gasteiger partial charge in [-0.15, -0.1) is 0 Å². The molecule has 0 fully saturated rings. The summed E-state index contributed by atoms with van der Waals surface area (Å²) in [5, 5.41) is 18.1. The minimum absolute atomic E-state index is 0.124. The van der Waals surface area contributed by atoms with Gasteiger partial charge in [-0.2, -0.15) is 0 Å². The van der Waals surface area contributed by atoms with Gasteiger partial charge in [0.2, 0.25) is 6.35 Å². The number of aliphatic carboxylic acids is 1. The molecule has 150 valence electrons. The maximum Gasteiger partial charge on any atom is 0.306 e. The summed E-state index contributed by atoms with van der Waals surface area (Å²) < 4.78 is 19.2. The van der Waals surface area contributed by atoms with Gasteiger partial charge in [-0.1, -0.05) is 23.8 Å². The molecule has 0 heterocycles. The Kier molecular flexibility index (Phi) is 7.84. The fourth-order valence-electron chi connectivity index (χ4n) is 2.96. The van der Waals surface area contributed by atoms with Crippen LogP contribution in [-0.2, 0) is 16.1 Å². The molecule has 2 rings (SSSR count). The highest BCUT2D eigenvalue weighted by Crippen LogP contribution is 2.30. The Hall–Kier alpha value is -2.11. The predicted octanol–water partition coefficient (Wildman–Crippen LogP) is 3.29. The Labute approximate surface area is 164 Å². The van der Waals surface area contributed by atoms with Crippen molar-refractivity contribution in [1.82, 2.24) is 0 Å². The number of carbonyl (C=O) groups is 1. The van der Waals surface area contributed by atoms with Crippen LogP contribution in [0.25, 0.3) is 11.1 Å². The zero-order valence-electron chi connectivity index (χ0n) is 16.1. The first-order valence-corrected chi connectivity index (χ1v) is 10.3. The second-order valence-corrected chi connectivity index (χ2v) is 8.17. The number of carboxylic acids is 1. The Balaban J connectivity index is 2.18. The van der Waals surface area contributed by atoms with Crippen molar-refractivity contribution in [3.63, 3.8) is 0 Å². The summed E-state index contributed by atoms with van der Waals surface area (Å²) in [4.78, 5) is 22.5. The van der Waals surface area contributed by atoms with E-state index in [0.717, 1.165) is 33.6 Å². The first-order valence-electron chi connectivity index (χ1n) is 8.80. The number of aryl methyl sites for hydroxylation is 3. The lowest BCUT2D eigenvalue weighted by atomic mass is 9.93. The van der Waals surface area contributed by atoms with Crippen LogP contribution in [-0.4, -0.2) is 34.4 Å². The molecule has 0 aromatic heterocycles. The molecule has 5 nitrogen and oxygen atoms in total. The molecular formula is C21H24FO5P. The molecule has 0 spiro atoms. The molecule has 2 aromatic rings. The first kappa shape index (κ1) is 22.2. The Morgan fingerprint density at radius 3 is 2.61 bits per heavy atom. The van der Waals surface area contributed by atoms with Crippen LogP contribution in [0.3, 0.4) is 0 Å². The van der Waals surface area contributed by atoms with Crippen LogP contribution >= 0.6 is 7.77 Å². The van der Waals surface area contributed by atoms with Gasteiger partial charge in [-0.05, 0) is 60.7 Å². The summed E-state index contributed by atoms with van der Waals surface area (Å²) in [6.07, 6.45) is -1.89. The lowest BCUT2D eigenvalue weighted by Gasteiger charge is -2.15. The lowest BCUT2D eigenvalue weighted by molar-refractivity contribution is -0.157. The van der Waals surface area contributed by atoms with Crippen molar-refractivity contribution in [3.05, 3.63) is 58.4 Å². The fraction of sp³-hybridized carbons (Fsp3) is 0.333. The van der Waals surface area contributed by atoms with Crippen molar-refractivity contribution in [1.29, 1.82) is 0 Å². The molecule has 0 aliphatic rings. The van der Waals surface area contributed by atoms with Gasteiger partial charge < -0.3 is 19.8 Å². The summed E-state index contributed by atoms with van der Waals surface area (Å²) >= 11 is 0. The average Bonchev–Trinajstić information content (AvgIpc) is 2.58. The summed E-state index contributed by atoms with van der Waals surface area (Å²) in [6, 6.07) is 8.95. The lowest BCUT2D eigenvalue weighted by Crippen LogP contribution is -2.15. The summed E-state index contributed by atoms with van der Waals surface area (Å²) in [5.74, 6) is -0.337. The van der Waals surface area contributed by atoms with E-state index < -0.39 is 26.3 Å². The molecule has 0 saturated carbocycles. The number of ether oxygens (including phenoxy) is 1. The molecule has 0 amide bonds. The Morgan fingerprint density at radius 2 is 1.96 bits per heavy atom. The van der Waals surface area contributed by atoms with Gasteiger partial charge in [0, 0.05) is 0 Å². The van der Waals surface area contributed by atoms with Crippen LogP contribution in [0.15, 0.2) is 30.3 Å². The van der Waals surface area contributed by atoms with Gasteiger partial charge in [0.15, 0.2) is 0 Å². The number of carboxylic acid groups (broad SMARTS) is 1. The average molecular weight is 406 g/mol. The molecule has 2 atom stereocenters. The van der Waals surface area contributed by atoms with E-state index in [1.165, 1.54) is 6.07 Å². The van der Waals surface area contributed by atoms with Crippen molar-refractivity contribution in [2.24, 2.45) is 0 Å². The quantitative estimate of drug-likeness (QED) is 0.657. The van der Waals surface area contributed by atoms with Crippen LogP contribution in [0.5, 0.6) is 0 Å². The van der Waals surface area contributed by atoms with Crippen LogP contribution in [0.4, 0.5) is 4.39 Å². The highest BCUT2D eigenvalue weighted by Gasteiger charge is 2.13. The van der Waals surface area contributed by atoms with Crippen molar-refractivity contribution >= 4 is 19.5 Å². The number of hydrogen-bond acceptors (Lipinski definition) is 4. The zero-order valence-corrected chi connectivity index (χ0v) is 17.0. The standard InChI is InChI=1S/C21H24FO5P/c1-13-6-14(2)19(10-27-12-28(26)11-17(23)9-21(24)25)18(7-13)16-4-5-20(22)15(3)8-16/h4-8,11,17,23H,9-10,12H2,1-3H3,(H,24,25)/t17-/m0/s1. The molecule has 1 unspecified atom stereocenters. The topological polar surface area (TPSA) is 89.8 Å². The van der Waals surface area contributed by atoms with Gasteiger partial charge >= 0.3 is 5.97 Å². The molecule has 28 heavy (non-hydrogen) atoms. The first-order chi connectivity index (χ1) is 13.2. The number of halogens is 1. The second-order valence-electron chi connectivity index (χ2n) is 6.78. The van der Waals surface area contributed by atoms with Gasteiger partial charge in [0.25, 0.3) is 0 Å². The third-order valence-electron chi connectivity index (χ3n) is 4.27. The summed E-state index contributed by atoms with van der Waals surface area (Å²) in [7, 11) is -2.00. The van der Waals surface area contributed by atoms with Gasteiger partial charge in [0.1, 0.15) is 17.7 Å². The van der Waals surface area contributed by atoms with E-state index in [9.17, 15) is 19.2 Å². The van der Waals surface area contributed by atoms with Crippen molar-refractivity contribution in [3.8, 4) is 11.1 Å². The molecule has 0 bridgehead atoms. The van der Waals surface area contributed by atoms with Crippen molar-refractivity contribution in [2.75, 3.05) is 6.35 Å². The Bertz CT molecular complexity index is 895. The van der Waals surface area contributed by atoms with Crippen molar-refractivity contribution in [2.45, 2.75) is 39.9 Å². The zero-order chi connectivity index (χ0) is 20.8. The SMILES string of the molecule is Cc1cc(C)c(COC[P+]([O-])=C[C@@H](O)CC(=O)O)c(-c2ccc(F)c(C)c2)c1. The predicted molar refractivity (Wildman–Crippen MR) is 107 cm³/mol. The van der Waals surface area contributed by atoms with E-state index in [2.05, 4.69) is 0 Å². The van der Waals surface area contributed by atoms with Crippen LogP contribution in [0, 0.1) is 26.6 Å². The largest absolute Gasteiger partial charge is 0.629 e. The van der Waals surface area contributed by atoms with E-state index >= 15 is 0 Å². The van der Waals surface area contributed by atoms with Crippen LogP contribution in [0.2, 0.25) is 0 Å². The fourth-order valence-corrected chi connectivity index (χ4v) is 3.81. The maximum atomic E-state index is 13.6. The van der Waals surface area contributed by atoms with Gasteiger partial charge in [-0.3, -0.25) is 4.79 Å². The normalized spacial score (nSPS) is 12.9. The van der Waals surface area contributed by atoms with E-state index in [-0.39, 0.29) is 18.8 Å². The van der Waals surface area contributed by atoms with E-state index in [0.29, 0.717) is 5.56 Å².